The van der Waals surface area contributed by atoms with Crippen molar-refractivity contribution >= 4 is 46.0 Å². The van der Waals surface area contributed by atoms with Gasteiger partial charge in [-0.2, -0.15) is 5.10 Å². The molecule has 2 atom stereocenters. The third kappa shape index (κ3) is 7.53. The summed E-state index contributed by atoms with van der Waals surface area (Å²) in [5.41, 5.74) is 5.42. The molecular weight excluding hydrogens is 569 g/mol. The van der Waals surface area contributed by atoms with E-state index in [1.165, 1.54) is 0 Å². The average Bonchev–Trinajstić information content (AvgIpc) is 3.24. The van der Waals surface area contributed by atoms with Crippen molar-refractivity contribution in [2.45, 2.75) is 71.3 Å². The number of H-pyrrole nitrogens is 1. The fourth-order valence-corrected chi connectivity index (χ4v) is 6.03. The van der Waals surface area contributed by atoms with E-state index in [0.717, 1.165) is 46.1 Å². The quantitative estimate of drug-likeness (QED) is 0.142. The summed E-state index contributed by atoms with van der Waals surface area (Å²) in [6.45, 7) is 9.93. The van der Waals surface area contributed by atoms with Crippen molar-refractivity contribution in [1.29, 1.82) is 0 Å². The number of nitrogens with zero attached hydrogens (tertiary/aromatic N) is 1. The van der Waals surface area contributed by atoms with Crippen LogP contribution in [0.1, 0.15) is 91.5 Å². The first-order valence-electron chi connectivity index (χ1n) is 14.4. The van der Waals surface area contributed by atoms with Crippen LogP contribution in [0.5, 0.6) is 0 Å². The molecular formula is C34H40Cl2N3O3+. The number of hydrogen-bond donors (Lipinski definition) is 2. The molecule has 0 spiro atoms. The van der Waals surface area contributed by atoms with Crippen LogP contribution in [0.3, 0.4) is 0 Å². The largest absolute Gasteiger partial charge is 0.460 e. The molecule has 42 heavy (non-hydrogen) atoms. The van der Waals surface area contributed by atoms with Crippen molar-refractivity contribution in [2.75, 3.05) is 6.54 Å². The molecule has 0 saturated carbocycles. The van der Waals surface area contributed by atoms with E-state index in [-0.39, 0.29) is 36.7 Å². The average molecular weight is 610 g/mol. The maximum atomic E-state index is 12.9. The van der Waals surface area contributed by atoms with Gasteiger partial charge in [0.15, 0.2) is 7.05 Å². The minimum Gasteiger partial charge on any atom is -0.460 e. The molecule has 1 heterocycles. The lowest BCUT2D eigenvalue weighted by atomic mass is 9.76. The number of ether oxygens (including phenoxy) is 1. The monoisotopic (exact) mass is 608 g/mol. The Balaban J connectivity index is 1.67. The zero-order valence-electron chi connectivity index (χ0n) is 25.2. The van der Waals surface area contributed by atoms with Crippen molar-refractivity contribution < 1.29 is 19.0 Å². The highest BCUT2D eigenvalue weighted by Gasteiger charge is 2.36. The second-order valence-corrected chi connectivity index (χ2v) is 12.7. The molecule has 1 amide bonds. The van der Waals surface area contributed by atoms with E-state index in [0.29, 0.717) is 15.6 Å². The van der Waals surface area contributed by atoms with Gasteiger partial charge in [-0.1, -0.05) is 60.8 Å². The number of aryl methyl sites for hydroxylation is 2. The van der Waals surface area contributed by atoms with Crippen LogP contribution in [0.15, 0.2) is 60.7 Å². The van der Waals surface area contributed by atoms with Gasteiger partial charge in [0.2, 0.25) is 5.69 Å². The van der Waals surface area contributed by atoms with Crippen LogP contribution in [-0.2, 0) is 16.6 Å². The summed E-state index contributed by atoms with van der Waals surface area (Å²) in [6.07, 6.45) is 2.03. The molecule has 222 valence electrons. The van der Waals surface area contributed by atoms with Gasteiger partial charge in [0, 0.05) is 23.0 Å². The number of halogens is 2. The van der Waals surface area contributed by atoms with Crippen LogP contribution < -0.4 is 10.00 Å². The highest BCUT2D eigenvalue weighted by atomic mass is 35.5. The number of aromatic amines is 1. The molecule has 4 aromatic rings. The summed E-state index contributed by atoms with van der Waals surface area (Å²) in [5, 5.41) is 8.77. The topological polar surface area (TPSA) is 75.1 Å². The van der Waals surface area contributed by atoms with Crippen molar-refractivity contribution in [3.63, 3.8) is 0 Å². The van der Waals surface area contributed by atoms with E-state index in [1.807, 2.05) is 70.3 Å². The minimum absolute atomic E-state index is 0.00709. The Bertz CT molecular complexity index is 1550. The lowest BCUT2D eigenvalue weighted by Crippen LogP contribution is -2.37. The Hall–Kier alpha value is -3.35. The van der Waals surface area contributed by atoms with Gasteiger partial charge in [0.1, 0.15) is 11.1 Å². The molecule has 0 aliphatic heterocycles. The van der Waals surface area contributed by atoms with Gasteiger partial charge in [-0.05, 0) is 87.2 Å². The second kappa shape index (κ2) is 13.3. The molecule has 6 nitrogen and oxygen atoms in total. The van der Waals surface area contributed by atoms with Crippen LogP contribution in [0.2, 0.25) is 10.0 Å². The normalized spacial score (nSPS) is 13.1. The van der Waals surface area contributed by atoms with Gasteiger partial charge in [-0.15, -0.1) is 4.68 Å². The summed E-state index contributed by atoms with van der Waals surface area (Å²) in [6, 6.07) is 20.0. The van der Waals surface area contributed by atoms with Gasteiger partial charge >= 0.3 is 5.97 Å². The number of carbonyl (C=O) groups excluding carboxylic acids is 2. The SMILES string of the molecule is CCCC(c1ccc(C(=O)NCCC(=O)OC(C)(C)C)cc1)C(c1ccc(Cl)cc1)c1c2cc(C)cc(Cl)c2[nH][n+]1C. The smallest absolute Gasteiger partial charge is 0.308 e. The van der Waals surface area contributed by atoms with Gasteiger partial charge in [-0.25, -0.2) is 0 Å². The lowest BCUT2D eigenvalue weighted by Gasteiger charge is -2.26. The third-order valence-electron chi connectivity index (χ3n) is 7.31. The van der Waals surface area contributed by atoms with E-state index < -0.39 is 5.60 Å². The molecule has 2 unspecified atom stereocenters. The summed E-state index contributed by atoms with van der Waals surface area (Å²) >= 11 is 13.0. The molecule has 0 fully saturated rings. The van der Waals surface area contributed by atoms with Crippen LogP contribution in [0, 0.1) is 6.92 Å². The van der Waals surface area contributed by atoms with E-state index >= 15 is 0 Å². The van der Waals surface area contributed by atoms with Crippen molar-refractivity contribution in [2.24, 2.45) is 7.05 Å². The third-order valence-corrected chi connectivity index (χ3v) is 7.86. The first-order valence-corrected chi connectivity index (χ1v) is 15.2. The van der Waals surface area contributed by atoms with Gasteiger partial charge < -0.3 is 10.1 Å². The zero-order valence-corrected chi connectivity index (χ0v) is 26.7. The van der Waals surface area contributed by atoms with Crippen LogP contribution in [0.25, 0.3) is 10.9 Å². The predicted octanol–water partition coefficient (Wildman–Crippen LogP) is 7.79. The van der Waals surface area contributed by atoms with Crippen LogP contribution >= 0.6 is 23.2 Å². The number of fused-ring (bicyclic) bond motifs is 1. The van der Waals surface area contributed by atoms with Crippen LogP contribution in [-0.4, -0.2) is 29.1 Å². The highest BCUT2D eigenvalue weighted by molar-refractivity contribution is 6.35. The van der Waals surface area contributed by atoms with E-state index in [1.54, 1.807) is 0 Å². The maximum Gasteiger partial charge on any atom is 0.308 e. The first kappa shape index (κ1) is 31.6. The van der Waals surface area contributed by atoms with E-state index in [4.69, 9.17) is 27.9 Å². The second-order valence-electron chi connectivity index (χ2n) is 11.9. The minimum atomic E-state index is -0.551. The fourth-order valence-electron chi connectivity index (χ4n) is 5.58. The van der Waals surface area contributed by atoms with Gasteiger partial charge in [0.05, 0.1) is 22.7 Å². The zero-order chi connectivity index (χ0) is 30.6. The Morgan fingerprint density at radius 3 is 2.26 bits per heavy atom. The number of amides is 1. The number of rotatable bonds is 10. The molecule has 0 aliphatic rings. The van der Waals surface area contributed by atoms with E-state index in [9.17, 15) is 9.59 Å². The number of nitrogens with one attached hydrogen (secondary N) is 2. The molecule has 0 saturated heterocycles. The Labute approximate surface area is 258 Å². The molecule has 0 radical (unpaired) electrons. The number of benzene rings is 3. The van der Waals surface area contributed by atoms with Crippen LogP contribution in [0.4, 0.5) is 0 Å². The molecule has 4 rings (SSSR count). The molecule has 3 aromatic carbocycles. The van der Waals surface area contributed by atoms with Gasteiger partial charge in [0.25, 0.3) is 5.91 Å². The van der Waals surface area contributed by atoms with Gasteiger partial charge in [-0.3, -0.25) is 9.59 Å². The molecule has 8 heteroatoms. The number of esters is 1. The molecule has 0 aliphatic carbocycles. The molecule has 2 N–H and O–H groups in total. The lowest BCUT2D eigenvalue weighted by molar-refractivity contribution is -0.732. The first-order chi connectivity index (χ1) is 19.9. The Kier molecular flexibility index (Phi) is 10.0. The Morgan fingerprint density at radius 2 is 1.64 bits per heavy atom. The Morgan fingerprint density at radius 1 is 1.00 bits per heavy atom. The molecule has 1 aromatic heterocycles. The number of aromatic nitrogens is 2. The van der Waals surface area contributed by atoms with Crippen molar-refractivity contribution in [3.8, 4) is 0 Å². The summed E-state index contributed by atoms with van der Waals surface area (Å²) in [4.78, 5) is 24.9. The van der Waals surface area contributed by atoms with Crippen molar-refractivity contribution in [3.05, 3.63) is 98.7 Å². The fraction of sp³-hybridized carbons (Fsp3) is 0.382. The standard InChI is InChI=1S/C34H39Cl2N3O3/c1-7-8-26(22-9-11-24(12-10-22)33(41)37-18-17-29(40)42-34(3,4)5)30(23-13-15-25(35)16-14-23)32-27-19-21(2)20-28(36)31(27)38-39(32)6/h9-16,19-20,26,30H,7-8,17-18H2,1-6H3,(H,37,41)/p+1. The number of hydrogen-bond acceptors (Lipinski definition) is 3. The van der Waals surface area contributed by atoms with E-state index in [2.05, 4.69) is 47.1 Å². The van der Waals surface area contributed by atoms with Crippen molar-refractivity contribution in [1.82, 2.24) is 10.4 Å². The summed E-state index contributed by atoms with van der Waals surface area (Å²) in [7, 11) is 2.03. The summed E-state index contributed by atoms with van der Waals surface area (Å²) < 4.78 is 7.40. The summed E-state index contributed by atoms with van der Waals surface area (Å²) in [5.74, 6) is -0.451. The number of carbonyl (C=O) groups is 2. The maximum absolute atomic E-state index is 12.9. The predicted molar refractivity (Wildman–Crippen MR) is 169 cm³/mol. The molecule has 0 bridgehead atoms. The highest BCUT2D eigenvalue weighted by Crippen LogP contribution is 2.43.